The number of aliphatic carboxylic acids is 1. The topological polar surface area (TPSA) is 71.4 Å². The Labute approximate surface area is 110 Å². The average Bonchev–Trinajstić information content (AvgIpc) is 3.06. The number of rotatable bonds is 4. The largest absolute Gasteiger partial charge is 0.481 e. The van der Waals surface area contributed by atoms with Crippen LogP contribution < -0.4 is 0 Å². The van der Waals surface area contributed by atoms with Gasteiger partial charge in [0.2, 0.25) is 0 Å². The zero-order valence-electron chi connectivity index (χ0n) is 9.71. The molecule has 2 rings (SSSR count). The third-order valence-corrected chi connectivity index (χ3v) is 5.78. The first-order valence-electron chi connectivity index (χ1n) is 5.58. The van der Waals surface area contributed by atoms with Crippen molar-refractivity contribution in [2.75, 3.05) is 5.75 Å². The Kier molecular flexibility index (Phi) is 3.38. The lowest BCUT2D eigenvalue weighted by Crippen LogP contribution is -2.14. The maximum absolute atomic E-state index is 11.8. The summed E-state index contributed by atoms with van der Waals surface area (Å²) in [4.78, 5) is 11.1. The van der Waals surface area contributed by atoms with Crippen LogP contribution in [-0.2, 0) is 14.6 Å². The van der Waals surface area contributed by atoms with Crippen LogP contribution in [0.3, 0.4) is 0 Å². The van der Waals surface area contributed by atoms with E-state index in [1.54, 1.807) is 24.3 Å². The molecule has 0 aromatic heterocycles. The number of carboxylic acid groups (broad SMARTS) is 1. The van der Waals surface area contributed by atoms with E-state index in [0.717, 1.165) is 0 Å². The summed E-state index contributed by atoms with van der Waals surface area (Å²) < 4.78 is 23.7. The van der Waals surface area contributed by atoms with Gasteiger partial charge < -0.3 is 5.11 Å². The van der Waals surface area contributed by atoms with Crippen molar-refractivity contribution in [3.63, 3.8) is 0 Å². The maximum Gasteiger partial charge on any atom is 0.308 e. The van der Waals surface area contributed by atoms with E-state index in [1.165, 1.54) is 6.92 Å². The highest BCUT2D eigenvalue weighted by molar-refractivity contribution is 7.92. The first-order valence-corrected chi connectivity index (χ1v) is 7.67. The number of carboxylic acids is 1. The zero-order chi connectivity index (χ0) is 13.5. The van der Waals surface area contributed by atoms with Crippen LogP contribution in [0.4, 0.5) is 0 Å². The summed E-state index contributed by atoms with van der Waals surface area (Å²) in [5.74, 6) is -2.39. The van der Waals surface area contributed by atoms with E-state index >= 15 is 0 Å². The lowest BCUT2D eigenvalue weighted by Gasteiger charge is -2.00. The van der Waals surface area contributed by atoms with Gasteiger partial charge in [0.1, 0.15) is 0 Å². The molecular formula is C12H13ClO4S. The van der Waals surface area contributed by atoms with Crippen molar-refractivity contribution in [1.29, 1.82) is 0 Å². The molecule has 1 aromatic rings. The standard InChI is InChI=1S/C12H13ClO4S/c1-2-18(16,17)11-9(10(11)12(14)15)7-3-5-8(13)6-4-7/h3-6,9-11H,2H2,1H3,(H,14,15)/t9-,10-,11+/m1/s1. The second kappa shape index (κ2) is 4.55. The molecule has 0 unspecified atom stereocenters. The van der Waals surface area contributed by atoms with Gasteiger partial charge in [0.25, 0.3) is 0 Å². The van der Waals surface area contributed by atoms with Crippen LogP contribution in [0.25, 0.3) is 0 Å². The summed E-state index contributed by atoms with van der Waals surface area (Å²) in [6.07, 6.45) is 0. The molecule has 0 radical (unpaired) electrons. The van der Waals surface area contributed by atoms with E-state index in [0.29, 0.717) is 10.6 Å². The Morgan fingerprint density at radius 2 is 1.89 bits per heavy atom. The zero-order valence-corrected chi connectivity index (χ0v) is 11.3. The average molecular weight is 289 g/mol. The predicted molar refractivity (Wildman–Crippen MR) is 68.6 cm³/mol. The van der Waals surface area contributed by atoms with E-state index in [9.17, 15) is 13.2 Å². The van der Waals surface area contributed by atoms with Crippen LogP contribution in [0.5, 0.6) is 0 Å². The summed E-state index contributed by atoms with van der Waals surface area (Å²) in [6, 6.07) is 6.66. The second-order valence-electron chi connectivity index (χ2n) is 4.36. The minimum absolute atomic E-state index is 0.0362. The number of hydrogen-bond donors (Lipinski definition) is 1. The molecule has 0 saturated heterocycles. The third kappa shape index (κ3) is 2.24. The van der Waals surface area contributed by atoms with E-state index in [2.05, 4.69) is 0 Å². The van der Waals surface area contributed by atoms with Crippen LogP contribution in [0.1, 0.15) is 18.4 Å². The SMILES string of the molecule is CCS(=O)(=O)[C@@H]1[C@H](C(=O)O)[C@H]1c1ccc(Cl)cc1. The smallest absolute Gasteiger partial charge is 0.308 e. The molecule has 1 fully saturated rings. The number of benzene rings is 1. The molecule has 0 aliphatic heterocycles. The van der Waals surface area contributed by atoms with Crippen LogP contribution in [-0.4, -0.2) is 30.5 Å². The summed E-state index contributed by atoms with van der Waals surface area (Å²) >= 11 is 5.75. The van der Waals surface area contributed by atoms with E-state index in [-0.39, 0.29) is 5.75 Å². The molecule has 0 amide bonds. The van der Waals surface area contributed by atoms with Crippen LogP contribution >= 0.6 is 11.6 Å². The Balaban J connectivity index is 2.33. The fraction of sp³-hybridized carbons (Fsp3) is 0.417. The fourth-order valence-electron chi connectivity index (χ4n) is 2.30. The highest BCUT2D eigenvalue weighted by Gasteiger charge is 2.62. The van der Waals surface area contributed by atoms with Crippen molar-refractivity contribution in [2.24, 2.45) is 5.92 Å². The monoisotopic (exact) mass is 288 g/mol. The second-order valence-corrected chi connectivity index (χ2v) is 7.24. The molecule has 4 nitrogen and oxygen atoms in total. The van der Waals surface area contributed by atoms with Crippen molar-refractivity contribution in [1.82, 2.24) is 0 Å². The lowest BCUT2D eigenvalue weighted by atomic mass is 10.1. The maximum atomic E-state index is 11.8. The normalized spacial score (nSPS) is 26.9. The van der Waals surface area contributed by atoms with Gasteiger partial charge in [-0.15, -0.1) is 0 Å². The Morgan fingerprint density at radius 3 is 2.33 bits per heavy atom. The molecule has 18 heavy (non-hydrogen) atoms. The predicted octanol–water partition coefficient (Wildman–Crippen LogP) is 1.94. The first-order chi connectivity index (χ1) is 8.38. The van der Waals surface area contributed by atoms with Gasteiger partial charge >= 0.3 is 5.97 Å². The van der Waals surface area contributed by atoms with E-state index in [1.807, 2.05) is 0 Å². The number of hydrogen-bond acceptors (Lipinski definition) is 3. The molecule has 0 heterocycles. The van der Waals surface area contributed by atoms with Gasteiger partial charge in [-0.05, 0) is 17.7 Å². The lowest BCUT2D eigenvalue weighted by molar-refractivity contribution is -0.138. The number of halogens is 1. The Bertz CT molecular complexity index is 564. The molecular weight excluding hydrogens is 276 g/mol. The van der Waals surface area contributed by atoms with Gasteiger partial charge in [-0.2, -0.15) is 0 Å². The van der Waals surface area contributed by atoms with Gasteiger partial charge in [-0.3, -0.25) is 4.79 Å². The number of carbonyl (C=O) groups is 1. The Morgan fingerprint density at radius 1 is 1.33 bits per heavy atom. The highest BCUT2D eigenvalue weighted by atomic mass is 35.5. The quantitative estimate of drug-likeness (QED) is 0.919. The molecule has 98 valence electrons. The Hall–Kier alpha value is -1.07. The number of sulfone groups is 1. The van der Waals surface area contributed by atoms with E-state index < -0.39 is 32.9 Å². The molecule has 1 aliphatic rings. The molecule has 1 saturated carbocycles. The van der Waals surface area contributed by atoms with Crippen molar-refractivity contribution in [2.45, 2.75) is 18.1 Å². The fourth-order valence-corrected chi connectivity index (χ4v) is 4.22. The molecule has 1 N–H and O–H groups in total. The van der Waals surface area contributed by atoms with Gasteiger partial charge in [0.05, 0.1) is 11.2 Å². The summed E-state index contributed by atoms with van der Waals surface area (Å²) in [5, 5.41) is 8.82. The van der Waals surface area contributed by atoms with Crippen molar-refractivity contribution < 1.29 is 18.3 Å². The van der Waals surface area contributed by atoms with Crippen LogP contribution in [0.15, 0.2) is 24.3 Å². The minimum atomic E-state index is -3.34. The van der Waals surface area contributed by atoms with Gasteiger partial charge in [0.15, 0.2) is 9.84 Å². The summed E-state index contributed by atoms with van der Waals surface area (Å²) in [5.41, 5.74) is 0.717. The molecule has 0 spiro atoms. The highest BCUT2D eigenvalue weighted by Crippen LogP contribution is 2.52. The molecule has 3 atom stereocenters. The molecule has 1 aliphatic carbocycles. The van der Waals surface area contributed by atoms with Gasteiger partial charge in [0, 0.05) is 16.7 Å². The minimum Gasteiger partial charge on any atom is -0.481 e. The first kappa shape index (κ1) is 13.4. The van der Waals surface area contributed by atoms with Crippen molar-refractivity contribution >= 4 is 27.4 Å². The van der Waals surface area contributed by atoms with Crippen molar-refractivity contribution in [3.05, 3.63) is 34.9 Å². The molecule has 0 bridgehead atoms. The van der Waals surface area contributed by atoms with Crippen LogP contribution in [0.2, 0.25) is 5.02 Å². The summed E-state index contributed by atoms with van der Waals surface area (Å²) in [6.45, 7) is 1.53. The van der Waals surface area contributed by atoms with Crippen molar-refractivity contribution in [3.8, 4) is 0 Å². The molecule has 1 aromatic carbocycles. The van der Waals surface area contributed by atoms with Gasteiger partial charge in [-0.1, -0.05) is 30.7 Å². The molecule has 6 heteroatoms. The third-order valence-electron chi connectivity index (χ3n) is 3.31. The van der Waals surface area contributed by atoms with Crippen LogP contribution in [0, 0.1) is 5.92 Å². The van der Waals surface area contributed by atoms with Gasteiger partial charge in [-0.25, -0.2) is 8.42 Å². The van der Waals surface area contributed by atoms with E-state index in [4.69, 9.17) is 16.7 Å². The summed E-state index contributed by atoms with van der Waals surface area (Å²) in [7, 11) is -3.34.